The van der Waals surface area contributed by atoms with Crippen molar-refractivity contribution in [2.24, 2.45) is 0 Å². The van der Waals surface area contributed by atoms with E-state index >= 15 is 0 Å². The Kier molecular flexibility index (Phi) is 10.4. The van der Waals surface area contributed by atoms with Crippen molar-refractivity contribution in [3.8, 4) is 0 Å². The highest BCUT2D eigenvalue weighted by Crippen LogP contribution is 2.12. The first kappa shape index (κ1) is 25.7. The highest BCUT2D eigenvalue weighted by molar-refractivity contribution is 5.98. The van der Waals surface area contributed by atoms with Crippen LogP contribution in [0.1, 0.15) is 84.9 Å². The van der Waals surface area contributed by atoms with Gasteiger partial charge < -0.3 is 20.4 Å². The summed E-state index contributed by atoms with van der Waals surface area (Å²) in [5.41, 5.74) is 0.880. The smallest absolute Gasteiger partial charge is 0.251 e. The maximum absolute atomic E-state index is 12.4. The third kappa shape index (κ3) is 8.15. The van der Waals surface area contributed by atoms with E-state index in [9.17, 15) is 19.2 Å². The van der Waals surface area contributed by atoms with E-state index in [2.05, 4.69) is 10.6 Å². The molecule has 1 aromatic carbocycles. The van der Waals surface area contributed by atoms with E-state index in [1.54, 1.807) is 24.3 Å². The summed E-state index contributed by atoms with van der Waals surface area (Å²) in [6.45, 7) is 3.82. The molecule has 0 atom stereocenters. The first-order valence-corrected chi connectivity index (χ1v) is 12.8. The number of likely N-dealkylation sites (tertiary alicyclic amines) is 2. The molecule has 0 aliphatic carbocycles. The summed E-state index contributed by atoms with van der Waals surface area (Å²) in [6.07, 6.45) is 9.47. The largest absolute Gasteiger partial charge is 0.352 e. The summed E-state index contributed by atoms with van der Waals surface area (Å²) < 4.78 is 0. The fraction of sp³-hybridized carbons (Fsp3) is 0.615. The second kappa shape index (κ2) is 13.7. The summed E-state index contributed by atoms with van der Waals surface area (Å²) >= 11 is 0. The van der Waals surface area contributed by atoms with Gasteiger partial charge in [0.25, 0.3) is 11.8 Å². The van der Waals surface area contributed by atoms with Crippen LogP contribution in [0.4, 0.5) is 0 Å². The van der Waals surface area contributed by atoms with Crippen molar-refractivity contribution >= 4 is 23.6 Å². The Labute approximate surface area is 202 Å². The second-order valence-electron chi connectivity index (χ2n) is 9.18. The lowest BCUT2D eigenvalue weighted by molar-refractivity contribution is -0.131. The SMILES string of the molecule is O=C(NCCC(=O)N1CCCCCC1)c1ccc(C(=O)NCCC(=O)N2CCCCCC2)cc1. The molecule has 8 heteroatoms. The van der Waals surface area contributed by atoms with Gasteiger partial charge in [-0.15, -0.1) is 0 Å². The minimum absolute atomic E-state index is 0.0866. The molecule has 0 aromatic heterocycles. The maximum Gasteiger partial charge on any atom is 0.251 e. The van der Waals surface area contributed by atoms with Crippen LogP contribution >= 0.6 is 0 Å². The van der Waals surface area contributed by atoms with E-state index in [1.807, 2.05) is 9.80 Å². The van der Waals surface area contributed by atoms with E-state index in [1.165, 1.54) is 25.7 Å². The molecule has 2 fully saturated rings. The molecule has 0 saturated carbocycles. The van der Waals surface area contributed by atoms with Gasteiger partial charge in [-0.3, -0.25) is 19.2 Å². The molecule has 2 aliphatic rings. The van der Waals surface area contributed by atoms with Crippen molar-refractivity contribution in [1.82, 2.24) is 20.4 Å². The lowest BCUT2D eigenvalue weighted by Crippen LogP contribution is -2.35. The molecule has 0 bridgehead atoms. The Morgan fingerprint density at radius 2 is 0.882 bits per heavy atom. The third-order valence-electron chi connectivity index (χ3n) is 6.58. The fourth-order valence-electron chi connectivity index (χ4n) is 4.50. The van der Waals surface area contributed by atoms with E-state index in [0.29, 0.717) is 37.1 Å². The maximum atomic E-state index is 12.4. The van der Waals surface area contributed by atoms with Crippen molar-refractivity contribution < 1.29 is 19.2 Å². The number of hydrogen-bond acceptors (Lipinski definition) is 4. The Morgan fingerprint density at radius 1 is 0.559 bits per heavy atom. The zero-order valence-corrected chi connectivity index (χ0v) is 20.2. The van der Waals surface area contributed by atoms with Crippen molar-refractivity contribution in [3.63, 3.8) is 0 Å². The monoisotopic (exact) mass is 470 g/mol. The van der Waals surface area contributed by atoms with Gasteiger partial charge in [0, 0.05) is 63.2 Å². The number of carbonyl (C=O) groups excluding carboxylic acids is 4. The molecule has 2 heterocycles. The van der Waals surface area contributed by atoms with Gasteiger partial charge in [-0.05, 0) is 49.9 Å². The molecule has 2 aliphatic heterocycles. The van der Waals surface area contributed by atoms with Crippen LogP contribution in [0, 0.1) is 0 Å². The summed E-state index contributed by atoms with van der Waals surface area (Å²) in [7, 11) is 0. The van der Waals surface area contributed by atoms with Gasteiger partial charge >= 0.3 is 0 Å². The zero-order chi connectivity index (χ0) is 24.2. The Morgan fingerprint density at radius 3 is 1.21 bits per heavy atom. The Hall–Kier alpha value is -2.90. The van der Waals surface area contributed by atoms with Gasteiger partial charge in [0.15, 0.2) is 0 Å². The summed E-state index contributed by atoms with van der Waals surface area (Å²) in [5.74, 6) is -0.357. The molecule has 0 radical (unpaired) electrons. The highest BCUT2D eigenvalue weighted by atomic mass is 16.2. The molecular formula is C26H38N4O4. The molecule has 8 nitrogen and oxygen atoms in total. The van der Waals surface area contributed by atoms with E-state index < -0.39 is 0 Å². The van der Waals surface area contributed by atoms with E-state index in [0.717, 1.165) is 51.9 Å². The topological polar surface area (TPSA) is 98.8 Å². The van der Waals surface area contributed by atoms with Crippen LogP contribution in [-0.2, 0) is 9.59 Å². The molecule has 3 rings (SSSR count). The van der Waals surface area contributed by atoms with Crippen LogP contribution in [0.25, 0.3) is 0 Å². The number of rotatable bonds is 8. The normalized spacial score (nSPS) is 16.8. The molecule has 4 amide bonds. The summed E-state index contributed by atoms with van der Waals surface area (Å²) in [6, 6.07) is 6.40. The minimum atomic E-state index is -0.265. The summed E-state index contributed by atoms with van der Waals surface area (Å²) in [5, 5.41) is 5.57. The third-order valence-corrected chi connectivity index (χ3v) is 6.58. The van der Waals surface area contributed by atoms with Gasteiger partial charge in [-0.25, -0.2) is 0 Å². The molecule has 186 valence electrons. The molecule has 0 unspecified atom stereocenters. The molecular weight excluding hydrogens is 432 g/mol. The van der Waals surface area contributed by atoms with E-state index in [-0.39, 0.29) is 23.6 Å². The van der Waals surface area contributed by atoms with Gasteiger partial charge in [-0.1, -0.05) is 25.7 Å². The second-order valence-corrected chi connectivity index (χ2v) is 9.18. The average Bonchev–Trinajstić information content (AvgIpc) is 3.30. The number of hydrogen-bond donors (Lipinski definition) is 2. The molecule has 34 heavy (non-hydrogen) atoms. The first-order chi connectivity index (χ1) is 16.5. The average molecular weight is 471 g/mol. The molecule has 2 saturated heterocycles. The van der Waals surface area contributed by atoms with Gasteiger partial charge in [-0.2, -0.15) is 0 Å². The minimum Gasteiger partial charge on any atom is -0.352 e. The van der Waals surface area contributed by atoms with Crippen molar-refractivity contribution in [1.29, 1.82) is 0 Å². The predicted molar refractivity (Wildman–Crippen MR) is 130 cm³/mol. The lowest BCUT2D eigenvalue weighted by atomic mass is 10.1. The van der Waals surface area contributed by atoms with Gasteiger partial charge in [0.05, 0.1) is 0 Å². The van der Waals surface area contributed by atoms with Crippen LogP contribution in [0.2, 0.25) is 0 Å². The molecule has 1 aromatic rings. The number of nitrogens with one attached hydrogen (secondary N) is 2. The Balaban J connectivity index is 1.36. The van der Waals surface area contributed by atoms with Crippen molar-refractivity contribution in [3.05, 3.63) is 35.4 Å². The zero-order valence-electron chi connectivity index (χ0n) is 20.2. The Bertz CT molecular complexity index is 755. The van der Waals surface area contributed by atoms with Crippen molar-refractivity contribution in [2.45, 2.75) is 64.2 Å². The van der Waals surface area contributed by atoms with Crippen LogP contribution in [0.5, 0.6) is 0 Å². The van der Waals surface area contributed by atoms with Crippen LogP contribution in [0.15, 0.2) is 24.3 Å². The number of amides is 4. The quantitative estimate of drug-likeness (QED) is 0.610. The van der Waals surface area contributed by atoms with Gasteiger partial charge in [0.2, 0.25) is 11.8 Å². The van der Waals surface area contributed by atoms with E-state index in [4.69, 9.17) is 0 Å². The van der Waals surface area contributed by atoms with Gasteiger partial charge in [0.1, 0.15) is 0 Å². The summed E-state index contributed by atoms with van der Waals surface area (Å²) in [4.78, 5) is 53.2. The number of benzene rings is 1. The number of carbonyl (C=O) groups is 4. The van der Waals surface area contributed by atoms with Crippen LogP contribution in [-0.4, -0.2) is 72.7 Å². The predicted octanol–water partition coefficient (Wildman–Crippen LogP) is 2.73. The van der Waals surface area contributed by atoms with Crippen molar-refractivity contribution in [2.75, 3.05) is 39.3 Å². The standard InChI is InChI=1S/C26H38N4O4/c31-23(29-17-5-1-2-6-18-29)13-15-27-25(33)21-9-11-22(12-10-21)26(34)28-16-14-24(32)30-19-7-3-4-8-20-30/h9-12H,1-8,13-20H2,(H,27,33)(H,28,34). The highest BCUT2D eigenvalue weighted by Gasteiger charge is 2.17. The molecule has 0 spiro atoms. The first-order valence-electron chi connectivity index (χ1n) is 12.8. The van der Waals surface area contributed by atoms with Crippen LogP contribution < -0.4 is 10.6 Å². The molecule has 2 N–H and O–H groups in total. The van der Waals surface area contributed by atoms with Crippen LogP contribution in [0.3, 0.4) is 0 Å². The number of nitrogens with zero attached hydrogens (tertiary/aromatic N) is 2. The lowest BCUT2D eigenvalue weighted by Gasteiger charge is -2.20. The fourth-order valence-corrected chi connectivity index (χ4v) is 4.50.